The van der Waals surface area contributed by atoms with Crippen LogP contribution in [0.5, 0.6) is 0 Å². The van der Waals surface area contributed by atoms with Gasteiger partial charge in [0.05, 0.1) is 5.56 Å². The minimum atomic E-state index is -4.33. The third-order valence-corrected chi connectivity index (χ3v) is 5.86. The van der Waals surface area contributed by atoms with Gasteiger partial charge in [-0.1, -0.05) is 84.0 Å². The zero-order valence-electron chi connectivity index (χ0n) is 20.1. The molecule has 0 bridgehead atoms. The van der Waals surface area contributed by atoms with Crippen molar-refractivity contribution >= 4 is 5.57 Å². The van der Waals surface area contributed by atoms with Crippen molar-refractivity contribution < 1.29 is 13.2 Å². The topological polar surface area (TPSA) is 0 Å². The van der Waals surface area contributed by atoms with Crippen molar-refractivity contribution in [1.29, 1.82) is 0 Å². The van der Waals surface area contributed by atoms with Gasteiger partial charge < -0.3 is 0 Å². The Bertz CT molecular complexity index is 919. The van der Waals surface area contributed by atoms with E-state index in [0.29, 0.717) is 24.0 Å². The maximum Gasteiger partial charge on any atom is 0.416 e. The summed E-state index contributed by atoms with van der Waals surface area (Å²) in [5.41, 5.74) is 5.06. The Morgan fingerprint density at radius 2 is 1.19 bits per heavy atom. The highest BCUT2D eigenvalue weighted by Gasteiger charge is 2.34. The molecule has 0 saturated heterocycles. The molecule has 0 nitrogen and oxygen atoms in total. The van der Waals surface area contributed by atoms with Crippen LogP contribution in [-0.4, -0.2) is 0 Å². The van der Waals surface area contributed by atoms with Gasteiger partial charge in [-0.2, -0.15) is 13.2 Å². The number of benzene rings is 2. The Morgan fingerprint density at radius 1 is 0.742 bits per heavy atom. The Hall–Kier alpha value is -2.03. The lowest BCUT2D eigenvalue weighted by molar-refractivity contribution is -0.138. The van der Waals surface area contributed by atoms with Crippen molar-refractivity contribution in [3.63, 3.8) is 0 Å². The van der Waals surface area contributed by atoms with E-state index in [9.17, 15) is 13.2 Å². The molecular weight excluding hydrogens is 393 g/mol. The fourth-order valence-corrected chi connectivity index (χ4v) is 3.81. The second-order valence-electron chi connectivity index (χ2n) is 10.7. The van der Waals surface area contributed by atoms with E-state index in [1.54, 1.807) is 6.07 Å². The van der Waals surface area contributed by atoms with Crippen LogP contribution in [0, 0.1) is 0 Å². The molecule has 0 fully saturated rings. The summed E-state index contributed by atoms with van der Waals surface area (Å²) in [7, 11) is 0. The molecule has 31 heavy (non-hydrogen) atoms. The smallest absolute Gasteiger partial charge is 0.166 e. The molecule has 0 aromatic heterocycles. The lowest BCUT2D eigenvalue weighted by Gasteiger charge is -2.22. The molecule has 0 atom stereocenters. The van der Waals surface area contributed by atoms with Crippen LogP contribution >= 0.6 is 0 Å². The summed E-state index contributed by atoms with van der Waals surface area (Å²) in [6, 6.07) is 11.4. The molecule has 170 valence electrons. The van der Waals surface area contributed by atoms with Crippen LogP contribution in [0.25, 0.3) is 5.57 Å². The first-order valence-electron chi connectivity index (χ1n) is 11.1. The quantitative estimate of drug-likeness (QED) is 0.401. The number of allylic oxidation sites excluding steroid dienone is 1. The molecule has 2 rings (SSSR count). The standard InChI is InChI=1S/C28H37F3/c1-19(2)24-17-22(26(3,4)5)15-13-20(24)11-9-10-12-21-14-16-23(27(6,7)8)18-25(21)28(29,30)31/h13-18H,1,9-12H2,2-8H3. The summed E-state index contributed by atoms with van der Waals surface area (Å²) >= 11 is 0. The minimum absolute atomic E-state index is 0.0654. The lowest BCUT2D eigenvalue weighted by atomic mass is 9.83. The molecule has 2 aromatic rings. The van der Waals surface area contributed by atoms with E-state index in [0.717, 1.165) is 24.0 Å². The van der Waals surface area contributed by atoms with Gasteiger partial charge in [0.25, 0.3) is 0 Å². The Balaban J connectivity index is 2.14. The highest BCUT2D eigenvalue weighted by Crippen LogP contribution is 2.36. The Morgan fingerprint density at radius 3 is 1.65 bits per heavy atom. The Labute approximate surface area is 186 Å². The summed E-state index contributed by atoms with van der Waals surface area (Å²) in [4.78, 5) is 0. The summed E-state index contributed by atoms with van der Waals surface area (Å²) in [6.07, 6.45) is -1.50. The monoisotopic (exact) mass is 430 g/mol. The van der Waals surface area contributed by atoms with E-state index in [4.69, 9.17) is 0 Å². The first-order valence-corrected chi connectivity index (χ1v) is 11.1. The van der Waals surface area contributed by atoms with Crippen LogP contribution in [0.15, 0.2) is 43.0 Å². The van der Waals surface area contributed by atoms with Crippen LogP contribution in [0.1, 0.15) is 94.7 Å². The van der Waals surface area contributed by atoms with Gasteiger partial charge in [0.1, 0.15) is 0 Å². The second-order valence-corrected chi connectivity index (χ2v) is 10.7. The molecular formula is C28H37F3. The zero-order valence-corrected chi connectivity index (χ0v) is 20.1. The molecule has 0 aliphatic carbocycles. The van der Waals surface area contributed by atoms with Crippen LogP contribution < -0.4 is 0 Å². The molecule has 0 N–H and O–H groups in total. The number of alkyl halides is 3. The largest absolute Gasteiger partial charge is 0.416 e. The SMILES string of the molecule is C=C(C)c1cc(C(C)(C)C)ccc1CCCCc1ccc(C(C)(C)C)cc1C(F)(F)F. The highest BCUT2D eigenvalue weighted by atomic mass is 19.4. The maximum absolute atomic E-state index is 13.7. The third kappa shape index (κ3) is 6.72. The van der Waals surface area contributed by atoms with Crippen molar-refractivity contribution in [2.24, 2.45) is 0 Å². The molecule has 0 unspecified atom stereocenters. The normalized spacial score (nSPS) is 12.8. The van der Waals surface area contributed by atoms with E-state index in [2.05, 4.69) is 45.5 Å². The van der Waals surface area contributed by atoms with Gasteiger partial charge in [-0.05, 0) is 77.3 Å². The van der Waals surface area contributed by atoms with Crippen molar-refractivity contribution in [3.05, 3.63) is 76.4 Å². The van der Waals surface area contributed by atoms with Gasteiger partial charge in [0, 0.05) is 0 Å². The molecule has 0 saturated carbocycles. The van der Waals surface area contributed by atoms with Crippen molar-refractivity contribution in [3.8, 4) is 0 Å². The molecule has 0 aliphatic rings. The summed E-state index contributed by atoms with van der Waals surface area (Å²) in [5, 5.41) is 0. The number of rotatable bonds is 6. The van der Waals surface area contributed by atoms with Gasteiger partial charge in [-0.3, -0.25) is 0 Å². The first kappa shape index (κ1) is 25.2. The van der Waals surface area contributed by atoms with Gasteiger partial charge in [-0.15, -0.1) is 0 Å². The van der Waals surface area contributed by atoms with Crippen molar-refractivity contribution in [2.75, 3.05) is 0 Å². The van der Waals surface area contributed by atoms with Gasteiger partial charge >= 0.3 is 6.18 Å². The van der Waals surface area contributed by atoms with Crippen LogP contribution in [0.4, 0.5) is 13.2 Å². The predicted octanol–water partition coefficient (Wildman–Crippen LogP) is 8.90. The average Bonchev–Trinajstić information content (AvgIpc) is 2.62. The highest BCUT2D eigenvalue weighted by molar-refractivity contribution is 5.65. The number of hydrogen-bond donors (Lipinski definition) is 0. The number of hydrogen-bond acceptors (Lipinski definition) is 0. The second kappa shape index (κ2) is 9.22. The van der Waals surface area contributed by atoms with Crippen LogP contribution in [0.2, 0.25) is 0 Å². The number of unbranched alkanes of at least 4 members (excludes halogenated alkanes) is 1. The first-order chi connectivity index (χ1) is 14.1. The molecule has 0 spiro atoms. The fourth-order valence-electron chi connectivity index (χ4n) is 3.81. The molecule has 0 radical (unpaired) electrons. The van der Waals surface area contributed by atoms with Crippen LogP contribution in [-0.2, 0) is 29.8 Å². The molecule has 0 amide bonds. The van der Waals surface area contributed by atoms with E-state index in [1.807, 2.05) is 33.8 Å². The average molecular weight is 431 g/mol. The lowest BCUT2D eigenvalue weighted by Crippen LogP contribution is -2.16. The molecule has 3 heteroatoms. The molecule has 2 aromatic carbocycles. The van der Waals surface area contributed by atoms with Crippen LogP contribution in [0.3, 0.4) is 0 Å². The minimum Gasteiger partial charge on any atom is -0.166 e. The van der Waals surface area contributed by atoms with Gasteiger partial charge in [-0.25, -0.2) is 0 Å². The molecule has 0 heterocycles. The predicted molar refractivity (Wildman–Crippen MR) is 127 cm³/mol. The van der Waals surface area contributed by atoms with Crippen molar-refractivity contribution in [2.45, 2.75) is 91.2 Å². The van der Waals surface area contributed by atoms with E-state index in [1.165, 1.54) is 17.2 Å². The summed E-state index contributed by atoms with van der Waals surface area (Å²) in [6.45, 7) is 18.5. The fraction of sp³-hybridized carbons (Fsp3) is 0.500. The molecule has 0 aliphatic heterocycles. The summed E-state index contributed by atoms with van der Waals surface area (Å²) in [5.74, 6) is 0. The van der Waals surface area contributed by atoms with Gasteiger partial charge in [0.2, 0.25) is 0 Å². The number of aryl methyl sites for hydroxylation is 2. The zero-order chi connectivity index (χ0) is 23.6. The van der Waals surface area contributed by atoms with Crippen molar-refractivity contribution in [1.82, 2.24) is 0 Å². The van der Waals surface area contributed by atoms with E-state index >= 15 is 0 Å². The van der Waals surface area contributed by atoms with E-state index < -0.39 is 11.7 Å². The third-order valence-electron chi connectivity index (χ3n) is 5.86. The van der Waals surface area contributed by atoms with E-state index in [-0.39, 0.29) is 10.8 Å². The number of halogens is 3. The van der Waals surface area contributed by atoms with Gasteiger partial charge in [0.15, 0.2) is 0 Å². The summed E-state index contributed by atoms with van der Waals surface area (Å²) < 4.78 is 41.0. The maximum atomic E-state index is 13.7. The Kier molecular flexibility index (Phi) is 7.51.